The Morgan fingerprint density at radius 3 is 3.17 bits per heavy atom. The summed E-state index contributed by atoms with van der Waals surface area (Å²) in [6.07, 6.45) is 3.41. The Hall–Kier alpha value is -1.26. The monoisotopic (exact) mass is 240 g/mol. The Labute approximate surface area is 108 Å². The molecular formula is C14H17BN2O. The molecule has 0 fully saturated rings. The van der Waals surface area contributed by atoms with Crippen LogP contribution in [0, 0.1) is 0 Å². The number of H-pyrrole nitrogens is 1. The molecular weight excluding hydrogens is 223 g/mol. The van der Waals surface area contributed by atoms with E-state index in [0.717, 1.165) is 23.8 Å². The molecule has 0 saturated carbocycles. The van der Waals surface area contributed by atoms with Crippen LogP contribution in [0.5, 0.6) is 0 Å². The standard InChI is InChI=1S/C14H17BN2O/c15-9-4-5-12-11(8-9)10-2-1-3-13(14(10)17-12)16-6-7-18/h4-5,8,13,16-18H,1-3,6-7H2. The fourth-order valence-corrected chi connectivity index (χ4v) is 2.92. The smallest absolute Gasteiger partial charge is 0.113 e. The highest BCUT2D eigenvalue weighted by molar-refractivity contribution is 6.33. The number of aliphatic hydroxyl groups excluding tert-OH is 1. The number of nitrogens with one attached hydrogen (secondary N) is 2. The molecule has 1 aliphatic carbocycles. The van der Waals surface area contributed by atoms with Crippen molar-refractivity contribution in [3.05, 3.63) is 29.5 Å². The Balaban J connectivity index is 2.04. The van der Waals surface area contributed by atoms with Gasteiger partial charge in [0.2, 0.25) is 0 Å². The first-order valence-corrected chi connectivity index (χ1v) is 6.54. The van der Waals surface area contributed by atoms with Crippen LogP contribution in [0.25, 0.3) is 10.9 Å². The number of fused-ring (bicyclic) bond motifs is 3. The van der Waals surface area contributed by atoms with Crippen LogP contribution in [0.15, 0.2) is 18.2 Å². The molecule has 0 bridgehead atoms. The number of hydrogen-bond acceptors (Lipinski definition) is 2. The van der Waals surface area contributed by atoms with Gasteiger partial charge in [0.05, 0.1) is 6.61 Å². The minimum absolute atomic E-state index is 0.180. The van der Waals surface area contributed by atoms with Gasteiger partial charge in [0, 0.05) is 29.2 Å². The normalized spacial score (nSPS) is 19.1. The first-order valence-electron chi connectivity index (χ1n) is 6.54. The predicted octanol–water partition coefficient (Wildman–Crippen LogP) is 0.921. The molecule has 2 aromatic rings. The minimum Gasteiger partial charge on any atom is -0.395 e. The zero-order chi connectivity index (χ0) is 12.5. The molecule has 0 amide bonds. The third-order valence-corrected chi connectivity index (χ3v) is 3.73. The van der Waals surface area contributed by atoms with E-state index in [9.17, 15) is 0 Å². The average molecular weight is 240 g/mol. The second-order valence-corrected chi connectivity index (χ2v) is 4.94. The lowest BCUT2D eigenvalue weighted by atomic mass is 9.89. The van der Waals surface area contributed by atoms with Crippen LogP contribution in [0.4, 0.5) is 0 Å². The number of aromatic nitrogens is 1. The molecule has 1 atom stereocenters. The molecule has 3 nitrogen and oxygen atoms in total. The number of aryl methyl sites for hydroxylation is 1. The maximum absolute atomic E-state index is 8.93. The van der Waals surface area contributed by atoms with Gasteiger partial charge in [-0.3, -0.25) is 0 Å². The number of benzene rings is 1. The van der Waals surface area contributed by atoms with Crippen LogP contribution in [0.3, 0.4) is 0 Å². The zero-order valence-electron chi connectivity index (χ0n) is 10.4. The Bertz CT molecular complexity index is 564. The summed E-state index contributed by atoms with van der Waals surface area (Å²) >= 11 is 0. The van der Waals surface area contributed by atoms with Crippen molar-refractivity contribution >= 4 is 24.2 Å². The quantitative estimate of drug-likeness (QED) is 0.699. The van der Waals surface area contributed by atoms with Gasteiger partial charge in [0.15, 0.2) is 0 Å². The lowest BCUT2D eigenvalue weighted by Crippen LogP contribution is -2.27. The topological polar surface area (TPSA) is 48.0 Å². The molecule has 18 heavy (non-hydrogen) atoms. The molecule has 3 rings (SSSR count). The molecule has 0 spiro atoms. The summed E-state index contributed by atoms with van der Waals surface area (Å²) in [7, 11) is 5.87. The van der Waals surface area contributed by atoms with Gasteiger partial charge in [-0.05, 0) is 30.9 Å². The Morgan fingerprint density at radius 2 is 2.33 bits per heavy atom. The fraction of sp³-hybridized carbons (Fsp3) is 0.429. The van der Waals surface area contributed by atoms with E-state index in [0.29, 0.717) is 12.6 Å². The van der Waals surface area contributed by atoms with Gasteiger partial charge in [-0.25, -0.2) is 0 Å². The van der Waals surface area contributed by atoms with E-state index in [2.05, 4.69) is 16.4 Å². The third-order valence-electron chi connectivity index (χ3n) is 3.73. The minimum atomic E-state index is 0.180. The molecule has 2 radical (unpaired) electrons. The number of hydrogen-bond donors (Lipinski definition) is 3. The van der Waals surface area contributed by atoms with Crippen molar-refractivity contribution in [3.8, 4) is 0 Å². The molecule has 1 heterocycles. The van der Waals surface area contributed by atoms with Gasteiger partial charge < -0.3 is 15.4 Å². The number of aromatic amines is 1. The first kappa shape index (κ1) is 11.8. The molecule has 1 aliphatic rings. The van der Waals surface area contributed by atoms with Crippen molar-refractivity contribution in [1.29, 1.82) is 0 Å². The lowest BCUT2D eigenvalue weighted by Gasteiger charge is -2.23. The van der Waals surface area contributed by atoms with E-state index in [4.69, 9.17) is 13.0 Å². The van der Waals surface area contributed by atoms with Crippen LogP contribution in [0.2, 0.25) is 0 Å². The van der Waals surface area contributed by atoms with Crippen molar-refractivity contribution in [2.45, 2.75) is 25.3 Å². The summed E-state index contributed by atoms with van der Waals surface area (Å²) in [6.45, 7) is 0.820. The van der Waals surface area contributed by atoms with Crippen molar-refractivity contribution in [1.82, 2.24) is 10.3 Å². The van der Waals surface area contributed by atoms with Gasteiger partial charge in [0.1, 0.15) is 7.85 Å². The Morgan fingerprint density at radius 1 is 1.44 bits per heavy atom. The molecule has 1 aromatic carbocycles. The van der Waals surface area contributed by atoms with Crippen molar-refractivity contribution in [3.63, 3.8) is 0 Å². The zero-order valence-corrected chi connectivity index (χ0v) is 10.4. The average Bonchev–Trinajstić information content (AvgIpc) is 2.75. The van der Waals surface area contributed by atoms with Crippen LogP contribution in [0.1, 0.15) is 30.1 Å². The summed E-state index contributed by atoms with van der Waals surface area (Å²) in [5.74, 6) is 0. The molecule has 0 aliphatic heterocycles. The maximum Gasteiger partial charge on any atom is 0.113 e. The van der Waals surface area contributed by atoms with Crippen LogP contribution in [-0.4, -0.2) is 31.1 Å². The molecule has 92 valence electrons. The van der Waals surface area contributed by atoms with Gasteiger partial charge in [-0.15, -0.1) is 0 Å². The number of aliphatic hydroxyl groups is 1. The highest BCUT2D eigenvalue weighted by Gasteiger charge is 2.23. The Kier molecular flexibility index (Phi) is 3.14. The SMILES string of the molecule is [B]c1ccc2[nH]c3c(c2c1)CCCC3NCCO. The summed E-state index contributed by atoms with van der Waals surface area (Å²) in [4.78, 5) is 3.50. The summed E-state index contributed by atoms with van der Waals surface area (Å²) < 4.78 is 0. The van der Waals surface area contributed by atoms with Gasteiger partial charge >= 0.3 is 0 Å². The first-order chi connectivity index (χ1) is 8.79. The van der Waals surface area contributed by atoms with E-state index in [1.807, 2.05) is 12.1 Å². The largest absolute Gasteiger partial charge is 0.395 e. The maximum atomic E-state index is 8.93. The summed E-state index contributed by atoms with van der Waals surface area (Å²) in [6, 6.07) is 6.36. The van der Waals surface area contributed by atoms with E-state index >= 15 is 0 Å². The molecule has 3 N–H and O–H groups in total. The lowest BCUT2D eigenvalue weighted by molar-refractivity contribution is 0.280. The van der Waals surface area contributed by atoms with Crippen molar-refractivity contribution < 1.29 is 5.11 Å². The highest BCUT2D eigenvalue weighted by Crippen LogP contribution is 2.34. The summed E-state index contributed by atoms with van der Waals surface area (Å²) in [5, 5.41) is 13.6. The fourth-order valence-electron chi connectivity index (χ4n) is 2.92. The van der Waals surface area contributed by atoms with Crippen molar-refractivity contribution in [2.75, 3.05) is 13.2 Å². The van der Waals surface area contributed by atoms with Crippen LogP contribution < -0.4 is 10.8 Å². The molecule has 0 saturated heterocycles. The third kappa shape index (κ3) is 1.96. The second-order valence-electron chi connectivity index (χ2n) is 4.94. The van der Waals surface area contributed by atoms with E-state index < -0.39 is 0 Å². The van der Waals surface area contributed by atoms with Gasteiger partial charge in [0.25, 0.3) is 0 Å². The molecule has 1 aromatic heterocycles. The number of rotatable bonds is 3. The van der Waals surface area contributed by atoms with E-state index in [1.165, 1.54) is 23.1 Å². The summed E-state index contributed by atoms with van der Waals surface area (Å²) in [5.41, 5.74) is 4.64. The van der Waals surface area contributed by atoms with E-state index in [1.54, 1.807) is 0 Å². The molecule has 1 unspecified atom stereocenters. The molecule has 4 heteroatoms. The van der Waals surface area contributed by atoms with Gasteiger partial charge in [-0.1, -0.05) is 17.6 Å². The van der Waals surface area contributed by atoms with Crippen molar-refractivity contribution in [2.24, 2.45) is 0 Å². The van der Waals surface area contributed by atoms with E-state index in [-0.39, 0.29) is 6.61 Å². The van der Waals surface area contributed by atoms with Crippen LogP contribution in [-0.2, 0) is 6.42 Å². The predicted molar refractivity (Wildman–Crippen MR) is 74.5 cm³/mol. The second kappa shape index (κ2) is 4.79. The highest BCUT2D eigenvalue weighted by atomic mass is 16.3. The van der Waals surface area contributed by atoms with Crippen LogP contribution >= 0.6 is 0 Å². The van der Waals surface area contributed by atoms with Gasteiger partial charge in [-0.2, -0.15) is 0 Å².